The molecule has 0 aliphatic rings. The van der Waals surface area contributed by atoms with Gasteiger partial charge in [0.1, 0.15) is 23.4 Å². The Balaban J connectivity index is 2.38. The fourth-order valence-electron chi connectivity index (χ4n) is 3.46. The van der Waals surface area contributed by atoms with Gasteiger partial charge in [-0.15, -0.1) is 0 Å². The number of rotatable bonds is 7. The second-order valence-corrected chi connectivity index (χ2v) is 9.41. The van der Waals surface area contributed by atoms with Gasteiger partial charge in [-0.1, -0.05) is 36.4 Å². The zero-order chi connectivity index (χ0) is 25.6. The first kappa shape index (κ1) is 27.0. The fourth-order valence-corrected chi connectivity index (χ4v) is 3.70. The highest BCUT2D eigenvalue weighted by Crippen LogP contribution is 2.30. The molecule has 9 heteroatoms. The van der Waals surface area contributed by atoms with Crippen molar-refractivity contribution in [2.24, 2.45) is 0 Å². The van der Waals surface area contributed by atoms with E-state index in [0.29, 0.717) is 5.69 Å². The number of anilines is 1. The first-order valence-corrected chi connectivity index (χ1v) is 11.5. The summed E-state index contributed by atoms with van der Waals surface area (Å²) in [6.07, 6.45) is -0.771. The molecule has 0 fully saturated rings. The number of amides is 3. The summed E-state index contributed by atoms with van der Waals surface area (Å²) in [5.41, 5.74) is 1.85. The minimum absolute atomic E-state index is 0.0194. The molecule has 0 heterocycles. The maximum atomic E-state index is 13.5. The number of likely N-dealkylation sites (N-methyl/N-ethyl adjacent to an activating group) is 1. The average molecular weight is 488 g/mol. The maximum Gasteiger partial charge on any atom is 0.408 e. The Hall–Kier alpha value is -3.20. The van der Waals surface area contributed by atoms with Gasteiger partial charge in [0.15, 0.2) is 0 Å². The van der Waals surface area contributed by atoms with Gasteiger partial charge in [0.05, 0.1) is 0 Å². The molecular weight excluding hydrogens is 454 g/mol. The van der Waals surface area contributed by atoms with Gasteiger partial charge in [0.2, 0.25) is 5.91 Å². The van der Waals surface area contributed by atoms with Crippen molar-refractivity contribution in [3.05, 3.63) is 59.2 Å². The van der Waals surface area contributed by atoms with Crippen LogP contribution in [0.1, 0.15) is 43.5 Å². The van der Waals surface area contributed by atoms with E-state index in [2.05, 4.69) is 23.3 Å². The van der Waals surface area contributed by atoms with Gasteiger partial charge in [-0.25, -0.2) is 4.79 Å². The number of nitrogens with one attached hydrogen (secondary N) is 2. The number of benzene rings is 2. The van der Waals surface area contributed by atoms with Crippen LogP contribution in [0.25, 0.3) is 0 Å². The number of hydrogen-bond donors (Lipinski definition) is 4. The molecule has 2 unspecified atom stereocenters. The fraction of sp³-hybridized carbons (Fsp3) is 0.400. The highest BCUT2D eigenvalue weighted by molar-refractivity contribution is 7.80. The molecule has 2 atom stereocenters. The number of phenols is 1. The van der Waals surface area contributed by atoms with E-state index < -0.39 is 35.6 Å². The Morgan fingerprint density at radius 2 is 1.65 bits per heavy atom. The Morgan fingerprint density at radius 1 is 1.06 bits per heavy atom. The Bertz CT molecular complexity index is 1030. The van der Waals surface area contributed by atoms with E-state index in [1.807, 2.05) is 32.0 Å². The van der Waals surface area contributed by atoms with E-state index in [1.54, 1.807) is 39.0 Å². The Labute approximate surface area is 206 Å². The van der Waals surface area contributed by atoms with Crippen molar-refractivity contribution in [2.45, 2.75) is 52.3 Å². The molecule has 0 aliphatic carbocycles. The normalized spacial score (nSPS) is 12.9. The summed E-state index contributed by atoms with van der Waals surface area (Å²) in [6.45, 7) is 8.87. The van der Waals surface area contributed by atoms with Crippen LogP contribution in [-0.4, -0.2) is 52.4 Å². The van der Waals surface area contributed by atoms with E-state index >= 15 is 0 Å². The molecule has 0 radical (unpaired) electrons. The van der Waals surface area contributed by atoms with Crippen LogP contribution in [0.4, 0.5) is 10.5 Å². The van der Waals surface area contributed by atoms with Gasteiger partial charge >= 0.3 is 6.09 Å². The molecule has 34 heavy (non-hydrogen) atoms. The third-order valence-electron chi connectivity index (χ3n) is 5.12. The van der Waals surface area contributed by atoms with E-state index in [9.17, 15) is 19.5 Å². The van der Waals surface area contributed by atoms with Gasteiger partial charge in [-0.3, -0.25) is 9.59 Å². The van der Waals surface area contributed by atoms with Crippen LogP contribution >= 0.6 is 12.6 Å². The number of hydrogen-bond acceptors (Lipinski definition) is 6. The van der Waals surface area contributed by atoms with Crippen molar-refractivity contribution in [3.8, 4) is 5.75 Å². The van der Waals surface area contributed by atoms with Crippen LogP contribution in [0.15, 0.2) is 42.5 Å². The van der Waals surface area contributed by atoms with Gasteiger partial charge in [0.25, 0.3) is 5.91 Å². The topological polar surface area (TPSA) is 108 Å². The lowest BCUT2D eigenvalue weighted by atomic mass is 10.0. The zero-order valence-corrected chi connectivity index (χ0v) is 21.3. The molecule has 8 nitrogen and oxygen atoms in total. The molecule has 0 saturated carbocycles. The number of aryl methyl sites for hydroxylation is 2. The van der Waals surface area contributed by atoms with Gasteiger partial charge in [-0.2, -0.15) is 12.6 Å². The molecule has 2 aromatic rings. The average Bonchev–Trinajstić information content (AvgIpc) is 2.74. The first-order chi connectivity index (χ1) is 15.9. The lowest BCUT2D eigenvalue weighted by Gasteiger charge is -2.31. The molecule has 2 aromatic carbocycles. The largest absolute Gasteiger partial charge is 0.508 e. The van der Waals surface area contributed by atoms with Crippen molar-refractivity contribution in [3.63, 3.8) is 0 Å². The van der Waals surface area contributed by atoms with Gasteiger partial charge < -0.3 is 25.4 Å². The Morgan fingerprint density at radius 3 is 2.18 bits per heavy atom. The molecule has 0 saturated heterocycles. The molecule has 0 bridgehead atoms. The van der Waals surface area contributed by atoms with Crippen LogP contribution in [-0.2, 0) is 14.3 Å². The summed E-state index contributed by atoms with van der Waals surface area (Å²) < 4.78 is 5.24. The molecule has 3 N–H and O–H groups in total. The lowest BCUT2D eigenvalue weighted by molar-refractivity contribution is -0.138. The van der Waals surface area contributed by atoms with E-state index in [1.165, 1.54) is 18.0 Å². The smallest absolute Gasteiger partial charge is 0.408 e. The van der Waals surface area contributed by atoms with Crippen molar-refractivity contribution >= 4 is 36.2 Å². The van der Waals surface area contributed by atoms with Crippen molar-refractivity contribution in [1.82, 2.24) is 10.2 Å². The van der Waals surface area contributed by atoms with E-state index in [4.69, 9.17) is 4.74 Å². The second-order valence-electron chi connectivity index (χ2n) is 9.05. The SMILES string of the molecule is Cc1cccc(C)c1NC(=O)C(c1ccccc1O)N(C)C(=O)C(CS)NC(=O)OC(C)(C)C. The maximum absolute atomic E-state index is 13.5. The molecule has 2 rings (SSSR count). The molecule has 0 spiro atoms. The number of aromatic hydroxyl groups is 1. The van der Waals surface area contributed by atoms with Crippen LogP contribution in [0.3, 0.4) is 0 Å². The van der Waals surface area contributed by atoms with Crippen molar-refractivity contribution in [2.75, 3.05) is 18.1 Å². The van der Waals surface area contributed by atoms with Crippen molar-refractivity contribution < 1.29 is 24.2 Å². The monoisotopic (exact) mass is 487 g/mol. The minimum Gasteiger partial charge on any atom is -0.508 e. The summed E-state index contributed by atoms with van der Waals surface area (Å²) in [5.74, 6) is -1.23. The van der Waals surface area contributed by atoms with Crippen LogP contribution in [0.2, 0.25) is 0 Å². The Kier molecular flexibility index (Phi) is 8.98. The molecule has 3 amide bonds. The highest BCUT2D eigenvalue weighted by atomic mass is 32.1. The molecule has 0 aliphatic heterocycles. The molecule has 184 valence electrons. The number of para-hydroxylation sites is 2. The predicted octanol–water partition coefficient (Wildman–Crippen LogP) is 3.97. The van der Waals surface area contributed by atoms with Crippen LogP contribution in [0.5, 0.6) is 5.75 Å². The minimum atomic E-state index is -1.17. The highest BCUT2D eigenvalue weighted by Gasteiger charge is 2.35. The standard InChI is InChI=1S/C25H33N3O5S/c1-15-10-9-11-16(2)20(15)27-22(30)21(17-12-7-8-13-19(17)29)28(6)23(31)18(14-34)26-24(32)33-25(3,4)5/h7-13,18,21,29,34H,14H2,1-6H3,(H,26,32)(H,27,30). The summed E-state index contributed by atoms with van der Waals surface area (Å²) in [7, 11) is 1.44. The summed E-state index contributed by atoms with van der Waals surface area (Å²) in [6, 6.07) is 9.72. The summed E-state index contributed by atoms with van der Waals surface area (Å²) in [5, 5.41) is 15.9. The lowest BCUT2D eigenvalue weighted by Crippen LogP contribution is -2.52. The third kappa shape index (κ3) is 6.90. The summed E-state index contributed by atoms with van der Waals surface area (Å²) in [4.78, 5) is 40.3. The summed E-state index contributed by atoms with van der Waals surface area (Å²) >= 11 is 4.20. The number of alkyl carbamates (subject to hydrolysis) is 1. The number of thiol groups is 1. The number of ether oxygens (including phenoxy) is 1. The van der Waals surface area contributed by atoms with Crippen molar-refractivity contribution in [1.29, 1.82) is 0 Å². The first-order valence-electron chi connectivity index (χ1n) is 10.9. The second kappa shape index (κ2) is 11.3. The van der Waals surface area contributed by atoms with Crippen LogP contribution < -0.4 is 10.6 Å². The quantitative estimate of drug-likeness (QED) is 0.442. The number of carbonyl (C=O) groups is 3. The van der Waals surface area contributed by atoms with Gasteiger partial charge in [-0.05, 0) is 51.8 Å². The molecule has 0 aromatic heterocycles. The number of phenolic OH excluding ortho intramolecular Hbond substituents is 1. The predicted molar refractivity (Wildman–Crippen MR) is 135 cm³/mol. The number of carbonyl (C=O) groups excluding carboxylic acids is 3. The van der Waals surface area contributed by atoms with E-state index in [-0.39, 0.29) is 17.1 Å². The van der Waals surface area contributed by atoms with E-state index in [0.717, 1.165) is 11.1 Å². The van der Waals surface area contributed by atoms with Crippen LogP contribution in [0, 0.1) is 13.8 Å². The van der Waals surface area contributed by atoms with Gasteiger partial charge in [0, 0.05) is 24.1 Å². The molecular formula is C25H33N3O5S. The number of nitrogens with zero attached hydrogens (tertiary/aromatic N) is 1. The zero-order valence-electron chi connectivity index (χ0n) is 20.4. The third-order valence-corrected chi connectivity index (χ3v) is 5.48.